The van der Waals surface area contributed by atoms with Crippen LogP contribution in [-0.2, 0) is 22.4 Å². The van der Waals surface area contributed by atoms with E-state index < -0.39 is 0 Å². The molecule has 0 aliphatic carbocycles. The zero-order chi connectivity index (χ0) is 25.1. The number of hydrogen-bond acceptors (Lipinski definition) is 4. The van der Waals surface area contributed by atoms with E-state index in [2.05, 4.69) is 48.1 Å². The Hall–Kier alpha value is -2.23. The maximum absolute atomic E-state index is 11.6. The Morgan fingerprint density at radius 3 is 1.86 bits per heavy atom. The highest BCUT2D eigenvalue weighted by atomic mass is 16.5. The van der Waals surface area contributed by atoms with E-state index in [0.717, 1.165) is 37.1 Å². The molecule has 4 nitrogen and oxygen atoms in total. The molecule has 0 aliphatic rings. The number of hydrogen-bond donors (Lipinski definition) is 0. The zero-order valence-electron chi connectivity index (χ0n) is 22.6. The van der Waals surface area contributed by atoms with Crippen molar-refractivity contribution in [2.24, 2.45) is 0 Å². The van der Waals surface area contributed by atoms with Crippen LogP contribution in [0.5, 0.6) is 0 Å². The van der Waals surface area contributed by atoms with Gasteiger partial charge in [-0.15, -0.1) is 0 Å². The highest BCUT2D eigenvalue weighted by Crippen LogP contribution is 2.19. The average Bonchev–Trinajstić information content (AvgIpc) is 2.86. The molecule has 0 spiro atoms. The van der Waals surface area contributed by atoms with Gasteiger partial charge in [0.15, 0.2) is 5.82 Å². The summed E-state index contributed by atoms with van der Waals surface area (Å²) in [6.07, 6.45) is 23.4. The quantitative estimate of drug-likeness (QED) is 0.149. The Balaban J connectivity index is 1.78. The van der Waals surface area contributed by atoms with Crippen LogP contribution in [0.4, 0.5) is 0 Å². The summed E-state index contributed by atoms with van der Waals surface area (Å²) in [5.41, 5.74) is 3.43. The topological polar surface area (TPSA) is 52.1 Å². The second kappa shape index (κ2) is 18.1. The lowest BCUT2D eigenvalue weighted by molar-refractivity contribution is -0.146. The van der Waals surface area contributed by atoms with Gasteiger partial charge in [0.2, 0.25) is 0 Å². The van der Waals surface area contributed by atoms with E-state index in [1.54, 1.807) is 0 Å². The van der Waals surface area contributed by atoms with Crippen molar-refractivity contribution >= 4 is 5.97 Å². The summed E-state index contributed by atoms with van der Waals surface area (Å²) in [7, 11) is 0. The molecule has 0 bridgehead atoms. The molecule has 0 N–H and O–H groups in total. The number of benzene rings is 1. The normalized spacial score (nSPS) is 12.0. The first kappa shape index (κ1) is 29.0. The molecule has 0 saturated heterocycles. The number of carbonyl (C=O) groups excluding carboxylic acids is 1. The molecule has 35 heavy (non-hydrogen) atoms. The molecule has 0 amide bonds. The van der Waals surface area contributed by atoms with Gasteiger partial charge in [0.25, 0.3) is 0 Å². The van der Waals surface area contributed by atoms with Crippen LogP contribution in [0.25, 0.3) is 11.4 Å². The largest absolute Gasteiger partial charge is 0.462 e. The van der Waals surface area contributed by atoms with Crippen molar-refractivity contribution in [3.63, 3.8) is 0 Å². The third-order valence-electron chi connectivity index (χ3n) is 6.66. The summed E-state index contributed by atoms with van der Waals surface area (Å²) in [5.74, 6) is 0.573. The average molecular weight is 481 g/mol. The standard InChI is InChI=1S/C31H48N2O2/c1-4-6-8-10-11-12-14-15-17-28-24-32-31(33-25-28)29-21-19-27(20-22-29)23-30(35-26(3)34)18-16-13-9-7-5-2/h19-22,24-25,30H,4-18,23H2,1-3H3. The van der Waals surface area contributed by atoms with E-state index in [-0.39, 0.29) is 12.1 Å². The Morgan fingerprint density at radius 2 is 1.29 bits per heavy atom. The second-order valence-corrected chi connectivity index (χ2v) is 9.98. The summed E-state index contributed by atoms with van der Waals surface area (Å²) >= 11 is 0. The van der Waals surface area contributed by atoms with Crippen molar-refractivity contribution < 1.29 is 9.53 Å². The Labute approximate surface area is 214 Å². The molecule has 2 rings (SSSR count). The molecule has 1 atom stereocenters. The first-order chi connectivity index (χ1) is 17.1. The lowest BCUT2D eigenvalue weighted by Gasteiger charge is -2.17. The molecule has 0 saturated carbocycles. The molecule has 1 unspecified atom stereocenters. The van der Waals surface area contributed by atoms with Gasteiger partial charge in [-0.2, -0.15) is 0 Å². The summed E-state index contributed by atoms with van der Waals surface area (Å²) in [6.45, 7) is 5.99. The fourth-order valence-electron chi connectivity index (χ4n) is 4.56. The van der Waals surface area contributed by atoms with Gasteiger partial charge in [0, 0.05) is 31.3 Å². The Kier molecular flexibility index (Phi) is 15.0. The minimum Gasteiger partial charge on any atom is -0.462 e. The van der Waals surface area contributed by atoms with Crippen molar-refractivity contribution in [2.75, 3.05) is 0 Å². The number of ether oxygens (including phenoxy) is 1. The van der Waals surface area contributed by atoms with Crippen LogP contribution >= 0.6 is 0 Å². The van der Waals surface area contributed by atoms with Crippen LogP contribution in [0, 0.1) is 0 Å². The summed E-state index contributed by atoms with van der Waals surface area (Å²) in [4.78, 5) is 20.8. The van der Waals surface area contributed by atoms with Crippen LogP contribution in [0.2, 0.25) is 0 Å². The van der Waals surface area contributed by atoms with Crippen molar-refractivity contribution in [1.29, 1.82) is 0 Å². The third kappa shape index (κ3) is 12.9. The van der Waals surface area contributed by atoms with Gasteiger partial charge in [0.1, 0.15) is 6.10 Å². The van der Waals surface area contributed by atoms with E-state index in [0.29, 0.717) is 0 Å². The van der Waals surface area contributed by atoms with E-state index in [9.17, 15) is 4.79 Å². The Morgan fingerprint density at radius 1 is 0.743 bits per heavy atom. The van der Waals surface area contributed by atoms with E-state index in [1.165, 1.54) is 95.1 Å². The van der Waals surface area contributed by atoms with Gasteiger partial charge in [-0.3, -0.25) is 4.79 Å². The maximum atomic E-state index is 11.6. The van der Waals surface area contributed by atoms with E-state index in [1.807, 2.05) is 12.4 Å². The van der Waals surface area contributed by atoms with Gasteiger partial charge in [0.05, 0.1) is 0 Å². The summed E-state index contributed by atoms with van der Waals surface area (Å²) in [6, 6.07) is 8.38. The maximum Gasteiger partial charge on any atom is 0.302 e. The minimum atomic E-state index is -0.194. The number of nitrogens with zero attached hydrogens (tertiary/aromatic N) is 2. The lowest BCUT2D eigenvalue weighted by atomic mass is 10.0. The van der Waals surface area contributed by atoms with Gasteiger partial charge in [-0.25, -0.2) is 9.97 Å². The fourth-order valence-corrected chi connectivity index (χ4v) is 4.56. The van der Waals surface area contributed by atoms with Gasteiger partial charge >= 0.3 is 5.97 Å². The van der Waals surface area contributed by atoms with Crippen molar-refractivity contribution in [3.8, 4) is 11.4 Å². The number of rotatable bonds is 19. The first-order valence-electron chi connectivity index (χ1n) is 14.2. The molecular weight excluding hydrogens is 432 g/mol. The Bertz CT molecular complexity index is 802. The smallest absolute Gasteiger partial charge is 0.302 e. The van der Waals surface area contributed by atoms with Gasteiger partial charge in [-0.05, 0) is 36.8 Å². The monoisotopic (exact) mass is 480 g/mol. The van der Waals surface area contributed by atoms with Crippen LogP contribution in [-0.4, -0.2) is 22.0 Å². The molecule has 0 aliphatic heterocycles. The minimum absolute atomic E-state index is 0.0492. The highest BCUT2D eigenvalue weighted by Gasteiger charge is 2.13. The molecule has 0 fully saturated rings. The SMILES string of the molecule is CCCCCCCCCCc1cnc(-c2ccc(CC(CCCCCCC)OC(C)=O)cc2)nc1. The second-order valence-electron chi connectivity index (χ2n) is 9.98. The summed E-state index contributed by atoms with van der Waals surface area (Å²) < 4.78 is 5.59. The van der Waals surface area contributed by atoms with Crippen LogP contribution < -0.4 is 0 Å². The third-order valence-corrected chi connectivity index (χ3v) is 6.66. The highest BCUT2D eigenvalue weighted by molar-refractivity contribution is 5.66. The van der Waals surface area contributed by atoms with Crippen molar-refractivity contribution in [1.82, 2.24) is 9.97 Å². The molecule has 1 aromatic carbocycles. The molecule has 4 heteroatoms. The first-order valence-corrected chi connectivity index (χ1v) is 14.2. The number of esters is 1. The molecule has 194 valence electrons. The van der Waals surface area contributed by atoms with E-state index in [4.69, 9.17) is 4.74 Å². The van der Waals surface area contributed by atoms with Crippen molar-refractivity contribution in [3.05, 3.63) is 47.8 Å². The molecule has 1 heterocycles. The number of carbonyl (C=O) groups is 1. The number of aromatic nitrogens is 2. The van der Waals surface area contributed by atoms with Crippen LogP contribution in [0.3, 0.4) is 0 Å². The zero-order valence-corrected chi connectivity index (χ0v) is 22.6. The van der Waals surface area contributed by atoms with Gasteiger partial charge < -0.3 is 4.74 Å². The molecular formula is C31H48N2O2. The predicted molar refractivity (Wildman–Crippen MR) is 146 cm³/mol. The molecule has 2 aromatic rings. The van der Waals surface area contributed by atoms with Crippen LogP contribution in [0.1, 0.15) is 122 Å². The predicted octanol–water partition coefficient (Wildman–Crippen LogP) is 8.66. The number of aryl methyl sites for hydroxylation is 1. The van der Waals surface area contributed by atoms with Gasteiger partial charge in [-0.1, -0.05) is 109 Å². The molecule has 1 aromatic heterocycles. The fraction of sp³-hybridized carbons (Fsp3) is 0.645. The molecule has 0 radical (unpaired) electrons. The van der Waals surface area contributed by atoms with Crippen LogP contribution in [0.15, 0.2) is 36.7 Å². The lowest BCUT2D eigenvalue weighted by Crippen LogP contribution is -2.19. The van der Waals surface area contributed by atoms with E-state index >= 15 is 0 Å². The number of unbranched alkanes of at least 4 members (excludes halogenated alkanes) is 11. The summed E-state index contributed by atoms with van der Waals surface area (Å²) in [5, 5.41) is 0. The van der Waals surface area contributed by atoms with Crippen molar-refractivity contribution in [2.45, 2.75) is 130 Å².